The molecule has 0 radical (unpaired) electrons. The first-order valence-electron chi connectivity index (χ1n) is 20.7. The standard InChI is InChI=1S/C44H84N2O5Si2/c1-19-20-24-32(3)40(49-42(45)48)36(7)41(51-53(17,18)44(11,12)13)34(5)28-31(2)27-33(4)39(50-52(15,16)43(8,9)10)35(6)30-46(14)38(47)29-37-25-22-21-23-26-37/h19-20,24,27,32-37,39-41H,1,21-23,25-26,28-30H2,2-18H3,(H2,45,48)/b24-20-,31-27-/t32-,33-,34-,35-,36+,39+,40-,41+/m0/s1. The minimum atomic E-state index is -2.21. The summed E-state index contributed by atoms with van der Waals surface area (Å²) in [5.41, 5.74) is 6.92. The van der Waals surface area contributed by atoms with Crippen LogP contribution in [0, 0.1) is 35.5 Å². The first-order valence-corrected chi connectivity index (χ1v) is 26.5. The van der Waals surface area contributed by atoms with Gasteiger partial charge in [-0.05, 0) is 86.1 Å². The molecule has 0 bridgehead atoms. The predicted octanol–water partition coefficient (Wildman–Crippen LogP) is 11.9. The Labute approximate surface area is 329 Å². The highest BCUT2D eigenvalue weighted by Gasteiger charge is 2.45. The summed E-state index contributed by atoms with van der Waals surface area (Å²) >= 11 is 0. The van der Waals surface area contributed by atoms with Crippen LogP contribution in [-0.4, -0.2) is 65.4 Å². The quantitative estimate of drug-likeness (QED) is 0.0755. The smallest absolute Gasteiger partial charge is 0.404 e. The van der Waals surface area contributed by atoms with E-state index in [-0.39, 0.29) is 57.8 Å². The maximum Gasteiger partial charge on any atom is 0.404 e. The molecule has 7 nitrogen and oxygen atoms in total. The number of primary amides is 1. The van der Waals surface area contributed by atoms with Crippen LogP contribution in [0.2, 0.25) is 36.3 Å². The van der Waals surface area contributed by atoms with Gasteiger partial charge in [-0.15, -0.1) is 0 Å². The molecular weight excluding hydrogens is 693 g/mol. The number of ether oxygens (including phenoxy) is 1. The molecule has 9 heteroatoms. The Bertz CT molecular complexity index is 1210. The van der Waals surface area contributed by atoms with Gasteiger partial charge in [0.15, 0.2) is 16.6 Å². The van der Waals surface area contributed by atoms with E-state index in [0.29, 0.717) is 18.9 Å². The lowest BCUT2D eigenvalue weighted by molar-refractivity contribution is -0.132. The van der Waals surface area contributed by atoms with Gasteiger partial charge in [0, 0.05) is 31.8 Å². The lowest BCUT2D eigenvalue weighted by Crippen LogP contribution is -2.50. The molecule has 1 saturated carbocycles. The Morgan fingerprint density at radius 2 is 1.34 bits per heavy atom. The molecule has 308 valence electrons. The Balaban J connectivity index is 3.46. The highest BCUT2D eigenvalue weighted by atomic mass is 28.4. The third kappa shape index (κ3) is 15.8. The average Bonchev–Trinajstić information content (AvgIpc) is 3.02. The molecule has 1 aliphatic carbocycles. The zero-order valence-corrected chi connectivity index (χ0v) is 39.4. The minimum absolute atomic E-state index is 0.00782. The number of hydrogen-bond donors (Lipinski definition) is 1. The molecular formula is C44H84N2O5Si2. The van der Waals surface area contributed by atoms with Gasteiger partial charge in [0.05, 0.1) is 12.2 Å². The van der Waals surface area contributed by atoms with Crippen LogP contribution >= 0.6 is 0 Å². The molecule has 1 fully saturated rings. The van der Waals surface area contributed by atoms with Crippen molar-refractivity contribution >= 4 is 28.6 Å². The number of amides is 2. The first-order chi connectivity index (χ1) is 24.1. The summed E-state index contributed by atoms with van der Waals surface area (Å²) in [6.45, 7) is 40.6. The van der Waals surface area contributed by atoms with Gasteiger partial charge >= 0.3 is 6.09 Å². The molecule has 0 spiro atoms. The van der Waals surface area contributed by atoms with Crippen molar-refractivity contribution in [3.63, 3.8) is 0 Å². The van der Waals surface area contributed by atoms with Gasteiger partial charge in [0.25, 0.3) is 0 Å². The summed E-state index contributed by atoms with van der Waals surface area (Å²) in [5, 5.41) is 0.0700. The molecule has 0 heterocycles. The molecule has 2 N–H and O–H groups in total. The van der Waals surface area contributed by atoms with Crippen molar-refractivity contribution in [2.45, 2.75) is 183 Å². The van der Waals surface area contributed by atoms with Crippen molar-refractivity contribution in [3.05, 3.63) is 36.5 Å². The SMILES string of the molecule is C=C/C=C\[C@H](C)[C@H](OC(N)=O)[C@@H](C)[C@H](O[Si](C)(C)C(C)(C)C)[C@@H](C)C/C(C)=C\[C@H](C)[C@@H](O[Si](C)(C)C(C)(C)C)[C@@H](C)CN(C)C(=O)CC1CCCCC1. The third-order valence-corrected chi connectivity index (χ3v) is 21.8. The average molecular weight is 777 g/mol. The van der Waals surface area contributed by atoms with E-state index in [0.717, 1.165) is 6.42 Å². The zero-order chi connectivity index (χ0) is 41.1. The van der Waals surface area contributed by atoms with E-state index in [1.54, 1.807) is 6.08 Å². The second-order valence-electron chi connectivity index (χ2n) is 19.9. The summed E-state index contributed by atoms with van der Waals surface area (Å²) in [4.78, 5) is 27.5. The molecule has 0 aromatic carbocycles. The predicted molar refractivity (Wildman–Crippen MR) is 231 cm³/mol. The molecule has 1 aliphatic rings. The maximum atomic E-state index is 13.4. The van der Waals surface area contributed by atoms with Crippen LogP contribution in [0.25, 0.3) is 0 Å². The van der Waals surface area contributed by atoms with E-state index >= 15 is 0 Å². The Morgan fingerprint density at radius 3 is 1.81 bits per heavy atom. The van der Waals surface area contributed by atoms with Crippen molar-refractivity contribution < 1.29 is 23.2 Å². The van der Waals surface area contributed by atoms with E-state index in [4.69, 9.17) is 19.3 Å². The largest absolute Gasteiger partial charge is 0.445 e. The minimum Gasteiger partial charge on any atom is -0.445 e. The number of rotatable bonds is 20. The zero-order valence-electron chi connectivity index (χ0n) is 37.4. The van der Waals surface area contributed by atoms with Crippen LogP contribution in [-0.2, 0) is 18.4 Å². The summed E-state index contributed by atoms with van der Waals surface area (Å²) in [6, 6.07) is 0. The molecule has 0 aromatic heterocycles. The van der Waals surface area contributed by atoms with Crippen LogP contribution in [0.15, 0.2) is 36.5 Å². The van der Waals surface area contributed by atoms with Crippen molar-refractivity contribution in [3.8, 4) is 0 Å². The van der Waals surface area contributed by atoms with Gasteiger partial charge in [-0.2, -0.15) is 0 Å². The van der Waals surface area contributed by atoms with Gasteiger partial charge in [0.1, 0.15) is 6.10 Å². The van der Waals surface area contributed by atoms with Gasteiger partial charge in [0.2, 0.25) is 5.91 Å². The lowest BCUT2D eigenvalue weighted by Gasteiger charge is -2.45. The number of allylic oxidation sites excluding steroid dienone is 3. The fourth-order valence-corrected chi connectivity index (χ4v) is 10.5. The lowest BCUT2D eigenvalue weighted by atomic mass is 9.81. The van der Waals surface area contributed by atoms with E-state index in [9.17, 15) is 9.59 Å². The van der Waals surface area contributed by atoms with Crippen molar-refractivity contribution in [2.75, 3.05) is 13.6 Å². The number of nitrogens with two attached hydrogens (primary N) is 1. The summed E-state index contributed by atoms with van der Waals surface area (Å²) < 4.78 is 20.3. The number of carbonyl (C=O) groups is 2. The molecule has 2 amide bonds. The summed E-state index contributed by atoms with van der Waals surface area (Å²) in [5.74, 6) is 1.03. The summed E-state index contributed by atoms with van der Waals surface area (Å²) in [6.07, 6.45) is 14.3. The fraction of sp³-hybridized carbons (Fsp3) is 0.818. The van der Waals surface area contributed by atoms with E-state index in [1.807, 2.05) is 24.1 Å². The molecule has 0 saturated heterocycles. The number of nitrogens with zero attached hydrogens (tertiary/aromatic N) is 1. The van der Waals surface area contributed by atoms with Crippen molar-refractivity contribution in [1.29, 1.82) is 0 Å². The van der Waals surface area contributed by atoms with Crippen LogP contribution in [0.3, 0.4) is 0 Å². The molecule has 53 heavy (non-hydrogen) atoms. The van der Waals surface area contributed by atoms with E-state index in [1.165, 1.54) is 37.7 Å². The monoisotopic (exact) mass is 777 g/mol. The van der Waals surface area contributed by atoms with E-state index in [2.05, 4.69) is 122 Å². The van der Waals surface area contributed by atoms with Gasteiger partial charge < -0.3 is 24.2 Å². The van der Waals surface area contributed by atoms with Crippen LogP contribution in [0.5, 0.6) is 0 Å². The molecule has 0 aliphatic heterocycles. The van der Waals surface area contributed by atoms with Crippen molar-refractivity contribution in [2.24, 2.45) is 41.2 Å². The Hall–Kier alpha value is -1.69. The highest BCUT2D eigenvalue weighted by molar-refractivity contribution is 6.74. The van der Waals surface area contributed by atoms with Crippen molar-refractivity contribution in [1.82, 2.24) is 4.90 Å². The van der Waals surface area contributed by atoms with Gasteiger partial charge in [-0.1, -0.05) is 132 Å². The second kappa shape index (κ2) is 21.0. The Kier molecular flexibility index (Phi) is 19.6. The van der Waals surface area contributed by atoms with Crippen LogP contribution in [0.1, 0.15) is 128 Å². The topological polar surface area (TPSA) is 91.1 Å². The number of carbonyl (C=O) groups excluding carboxylic acids is 2. The molecule has 1 rings (SSSR count). The van der Waals surface area contributed by atoms with Crippen LogP contribution < -0.4 is 5.73 Å². The van der Waals surface area contributed by atoms with Gasteiger partial charge in [-0.3, -0.25) is 4.79 Å². The molecule has 0 unspecified atom stereocenters. The first kappa shape index (κ1) is 49.3. The third-order valence-electron chi connectivity index (χ3n) is 12.8. The fourth-order valence-electron chi connectivity index (χ4n) is 7.56. The van der Waals surface area contributed by atoms with E-state index < -0.39 is 28.8 Å². The summed E-state index contributed by atoms with van der Waals surface area (Å²) in [7, 11) is -2.36. The maximum absolute atomic E-state index is 13.4. The van der Waals surface area contributed by atoms with Gasteiger partial charge in [-0.25, -0.2) is 4.79 Å². The second-order valence-corrected chi connectivity index (χ2v) is 29.5. The normalized spacial score (nSPS) is 20.2. The van der Waals surface area contributed by atoms with Crippen LogP contribution in [0.4, 0.5) is 4.79 Å². The number of hydrogen-bond acceptors (Lipinski definition) is 5. The molecule has 0 aromatic rings. The highest BCUT2D eigenvalue weighted by Crippen LogP contribution is 2.42. The molecule has 8 atom stereocenters. The Morgan fingerprint density at radius 1 is 0.830 bits per heavy atom.